The summed E-state index contributed by atoms with van der Waals surface area (Å²) in [5, 5.41) is 2.89. The van der Waals surface area contributed by atoms with Gasteiger partial charge in [-0.15, -0.1) is 0 Å². The Labute approximate surface area is 125 Å². The van der Waals surface area contributed by atoms with E-state index >= 15 is 0 Å². The summed E-state index contributed by atoms with van der Waals surface area (Å²) in [5.41, 5.74) is 2.73. The molecule has 0 unspecified atom stereocenters. The van der Waals surface area contributed by atoms with Gasteiger partial charge >= 0.3 is 0 Å². The molecule has 2 rings (SSSR count). The van der Waals surface area contributed by atoms with Gasteiger partial charge in [0.15, 0.2) is 0 Å². The molecule has 5 nitrogen and oxygen atoms in total. The Morgan fingerprint density at radius 3 is 2.81 bits per heavy atom. The molecule has 1 aromatic rings. The molecule has 0 aliphatic carbocycles. The Morgan fingerprint density at radius 1 is 1.38 bits per heavy atom. The molecular formula is C16H22N2O3. The van der Waals surface area contributed by atoms with E-state index in [4.69, 9.17) is 4.74 Å². The topological polar surface area (TPSA) is 58.6 Å². The molecule has 0 saturated heterocycles. The van der Waals surface area contributed by atoms with Crippen LogP contribution in [0.4, 0.5) is 11.4 Å². The van der Waals surface area contributed by atoms with Gasteiger partial charge in [-0.3, -0.25) is 9.59 Å². The molecule has 0 saturated carbocycles. The summed E-state index contributed by atoms with van der Waals surface area (Å²) in [5.74, 6) is 0.263. The first kappa shape index (κ1) is 15.5. The first-order valence-electron chi connectivity index (χ1n) is 7.23. The number of anilines is 2. The fourth-order valence-corrected chi connectivity index (χ4v) is 2.50. The number of fused-ring (bicyclic) bond motifs is 1. The molecule has 0 fully saturated rings. The number of carbonyl (C=O) groups is 2. The van der Waals surface area contributed by atoms with E-state index in [1.54, 1.807) is 4.90 Å². The standard InChI is InChI=1S/C16H22N2O3/c1-11(2)8-15(19)17-13-5-4-12-6-7-18(14(12)9-13)16(20)10-21-3/h4-5,9,11H,6-8,10H2,1-3H3,(H,17,19). The smallest absolute Gasteiger partial charge is 0.252 e. The van der Waals surface area contributed by atoms with E-state index in [2.05, 4.69) is 5.32 Å². The zero-order valence-corrected chi connectivity index (χ0v) is 12.8. The summed E-state index contributed by atoms with van der Waals surface area (Å²) in [4.78, 5) is 25.5. The van der Waals surface area contributed by atoms with Gasteiger partial charge in [0.25, 0.3) is 5.91 Å². The van der Waals surface area contributed by atoms with E-state index in [0.29, 0.717) is 18.9 Å². The fraction of sp³-hybridized carbons (Fsp3) is 0.500. The van der Waals surface area contributed by atoms with Crippen molar-refractivity contribution in [3.05, 3.63) is 23.8 Å². The SMILES string of the molecule is COCC(=O)N1CCc2ccc(NC(=O)CC(C)C)cc21. The lowest BCUT2D eigenvalue weighted by Gasteiger charge is -2.17. The Balaban J connectivity index is 2.12. The van der Waals surface area contributed by atoms with Crippen molar-refractivity contribution in [1.82, 2.24) is 0 Å². The summed E-state index contributed by atoms with van der Waals surface area (Å²) in [6, 6.07) is 5.73. The number of methoxy groups -OCH3 is 1. The predicted molar refractivity (Wildman–Crippen MR) is 82.5 cm³/mol. The molecule has 1 N–H and O–H groups in total. The molecule has 1 aliphatic rings. The third-order valence-electron chi connectivity index (χ3n) is 3.43. The van der Waals surface area contributed by atoms with Crippen LogP contribution in [-0.4, -0.2) is 32.1 Å². The number of carbonyl (C=O) groups excluding carboxylic acids is 2. The van der Waals surface area contributed by atoms with Gasteiger partial charge in [0.2, 0.25) is 5.91 Å². The van der Waals surface area contributed by atoms with Crippen molar-refractivity contribution in [2.75, 3.05) is 30.5 Å². The highest BCUT2D eigenvalue weighted by atomic mass is 16.5. The molecule has 21 heavy (non-hydrogen) atoms. The molecule has 5 heteroatoms. The molecule has 1 aliphatic heterocycles. The van der Waals surface area contributed by atoms with E-state index in [1.807, 2.05) is 32.0 Å². The van der Waals surface area contributed by atoms with Crippen LogP contribution < -0.4 is 10.2 Å². The summed E-state index contributed by atoms with van der Waals surface area (Å²) in [6.45, 7) is 4.76. The largest absolute Gasteiger partial charge is 0.375 e. The van der Waals surface area contributed by atoms with E-state index in [-0.39, 0.29) is 18.4 Å². The zero-order chi connectivity index (χ0) is 15.4. The van der Waals surface area contributed by atoms with Crippen LogP contribution in [-0.2, 0) is 20.7 Å². The number of nitrogens with zero attached hydrogens (tertiary/aromatic N) is 1. The maximum Gasteiger partial charge on any atom is 0.252 e. The van der Waals surface area contributed by atoms with Crippen LogP contribution in [0.3, 0.4) is 0 Å². The van der Waals surface area contributed by atoms with Gasteiger partial charge in [-0.1, -0.05) is 19.9 Å². The first-order chi connectivity index (χ1) is 10.0. The molecule has 114 valence electrons. The van der Waals surface area contributed by atoms with Crippen molar-refractivity contribution in [3.8, 4) is 0 Å². The molecule has 0 aromatic heterocycles. The van der Waals surface area contributed by atoms with Crippen molar-refractivity contribution in [2.24, 2.45) is 5.92 Å². The minimum absolute atomic E-state index is 0.00212. The van der Waals surface area contributed by atoms with Gasteiger partial charge in [-0.25, -0.2) is 0 Å². The number of benzene rings is 1. The van der Waals surface area contributed by atoms with Crippen LogP contribution in [0.2, 0.25) is 0 Å². The molecular weight excluding hydrogens is 268 g/mol. The average molecular weight is 290 g/mol. The van der Waals surface area contributed by atoms with Crippen molar-refractivity contribution in [1.29, 1.82) is 0 Å². The van der Waals surface area contributed by atoms with Crippen LogP contribution in [0.1, 0.15) is 25.8 Å². The van der Waals surface area contributed by atoms with Crippen LogP contribution in [0.15, 0.2) is 18.2 Å². The third kappa shape index (κ3) is 3.82. The normalized spacial score (nSPS) is 13.4. The van der Waals surface area contributed by atoms with E-state index < -0.39 is 0 Å². The van der Waals surface area contributed by atoms with Gasteiger partial charge in [0.1, 0.15) is 6.61 Å². The molecule has 0 bridgehead atoms. The zero-order valence-electron chi connectivity index (χ0n) is 12.8. The maximum absolute atomic E-state index is 12.0. The second kappa shape index (κ2) is 6.72. The fourth-order valence-electron chi connectivity index (χ4n) is 2.50. The van der Waals surface area contributed by atoms with Crippen molar-refractivity contribution < 1.29 is 14.3 Å². The Morgan fingerprint density at radius 2 is 2.14 bits per heavy atom. The van der Waals surface area contributed by atoms with Crippen LogP contribution in [0.5, 0.6) is 0 Å². The minimum atomic E-state index is -0.0538. The van der Waals surface area contributed by atoms with E-state index in [1.165, 1.54) is 7.11 Å². The number of hydrogen-bond acceptors (Lipinski definition) is 3. The Bertz CT molecular complexity index is 540. The monoisotopic (exact) mass is 290 g/mol. The molecule has 0 spiro atoms. The average Bonchev–Trinajstić information content (AvgIpc) is 2.81. The summed E-state index contributed by atoms with van der Waals surface area (Å²) >= 11 is 0. The van der Waals surface area contributed by atoms with Gasteiger partial charge < -0.3 is 15.0 Å². The number of rotatable bonds is 5. The number of amides is 2. The second-order valence-corrected chi connectivity index (χ2v) is 5.72. The number of nitrogens with one attached hydrogen (secondary N) is 1. The number of hydrogen-bond donors (Lipinski definition) is 1. The summed E-state index contributed by atoms with van der Waals surface area (Å²) in [7, 11) is 1.51. The van der Waals surface area contributed by atoms with Crippen LogP contribution >= 0.6 is 0 Å². The van der Waals surface area contributed by atoms with Crippen LogP contribution in [0, 0.1) is 5.92 Å². The molecule has 0 radical (unpaired) electrons. The lowest BCUT2D eigenvalue weighted by Crippen LogP contribution is -2.32. The predicted octanol–water partition coefficient (Wildman–Crippen LogP) is 2.21. The lowest BCUT2D eigenvalue weighted by atomic mass is 10.1. The second-order valence-electron chi connectivity index (χ2n) is 5.72. The van der Waals surface area contributed by atoms with Gasteiger partial charge in [0, 0.05) is 31.5 Å². The van der Waals surface area contributed by atoms with Gasteiger partial charge in [-0.05, 0) is 30.0 Å². The van der Waals surface area contributed by atoms with E-state index in [9.17, 15) is 9.59 Å². The highest BCUT2D eigenvalue weighted by Gasteiger charge is 2.24. The maximum atomic E-state index is 12.0. The quantitative estimate of drug-likeness (QED) is 0.904. The molecule has 2 amide bonds. The van der Waals surface area contributed by atoms with E-state index in [0.717, 1.165) is 23.4 Å². The summed E-state index contributed by atoms with van der Waals surface area (Å²) < 4.78 is 4.91. The number of ether oxygens (including phenoxy) is 1. The highest BCUT2D eigenvalue weighted by molar-refractivity contribution is 5.98. The van der Waals surface area contributed by atoms with Crippen LogP contribution in [0.25, 0.3) is 0 Å². The highest BCUT2D eigenvalue weighted by Crippen LogP contribution is 2.31. The Kier molecular flexibility index (Phi) is 4.96. The van der Waals surface area contributed by atoms with Crippen molar-refractivity contribution >= 4 is 23.2 Å². The lowest BCUT2D eigenvalue weighted by molar-refractivity contribution is -0.122. The Hall–Kier alpha value is -1.88. The first-order valence-corrected chi connectivity index (χ1v) is 7.23. The third-order valence-corrected chi connectivity index (χ3v) is 3.43. The summed E-state index contributed by atoms with van der Waals surface area (Å²) in [6.07, 6.45) is 1.33. The molecule has 0 atom stereocenters. The molecule has 1 heterocycles. The van der Waals surface area contributed by atoms with Crippen molar-refractivity contribution in [2.45, 2.75) is 26.7 Å². The van der Waals surface area contributed by atoms with Crippen molar-refractivity contribution in [3.63, 3.8) is 0 Å². The van der Waals surface area contributed by atoms with Gasteiger partial charge in [0.05, 0.1) is 0 Å². The van der Waals surface area contributed by atoms with Gasteiger partial charge in [-0.2, -0.15) is 0 Å². The minimum Gasteiger partial charge on any atom is -0.375 e. The molecule has 1 aromatic carbocycles.